The molecule has 1 aromatic heterocycles. The zero-order valence-corrected chi connectivity index (χ0v) is 16.1. The lowest BCUT2D eigenvalue weighted by Crippen LogP contribution is -2.52. The second-order valence-electron chi connectivity index (χ2n) is 6.29. The van der Waals surface area contributed by atoms with Crippen LogP contribution in [0.25, 0.3) is 0 Å². The number of thiophene rings is 1. The fraction of sp³-hybridized carbons (Fsp3) is 0.294. The van der Waals surface area contributed by atoms with Crippen LogP contribution >= 0.6 is 22.9 Å². The zero-order chi connectivity index (χ0) is 18.4. The van der Waals surface area contributed by atoms with Gasteiger partial charge in [-0.3, -0.25) is 9.79 Å². The molecule has 1 amide bonds. The van der Waals surface area contributed by atoms with Crippen molar-refractivity contribution in [3.8, 4) is 0 Å². The van der Waals surface area contributed by atoms with E-state index in [1.165, 1.54) is 15.6 Å². The second kappa shape index (κ2) is 6.45. The van der Waals surface area contributed by atoms with Crippen LogP contribution in [-0.4, -0.2) is 43.1 Å². The highest BCUT2D eigenvalue weighted by atomic mass is 35.5. The van der Waals surface area contributed by atoms with Crippen LogP contribution in [0.2, 0.25) is 5.02 Å². The van der Waals surface area contributed by atoms with Crippen molar-refractivity contribution in [2.75, 3.05) is 13.1 Å². The average molecular weight is 410 g/mol. The molecular weight excluding hydrogens is 394 g/mol. The summed E-state index contributed by atoms with van der Waals surface area (Å²) in [5, 5.41) is 5.29. The Kier molecular flexibility index (Phi) is 4.38. The van der Waals surface area contributed by atoms with Crippen LogP contribution in [0.5, 0.6) is 0 Å². The van der Waals surface area contributed by atoms with E-state index in [0.717, 1.165) is 0 Å². The molecule has 3 heterocycles. The van der Waals surface area contributed by atoms with E-state index < -0.39 is 15.7 Å². The standard InChI is InChI=1S/C17H16ClN3O3S2/c18-13-5-3-12(4-6-13)15-16(22)20-17(19-15)7-9-21(10-8-17)26(23,24)14-2-1-11-25-14/h1-6,11H,7-10H2,(H,20,22). The summed E-state index contributed by atoms with van der Waals surface area (Å²) in [5.74, 6) is -0.234. The van der Waals surface area contributed by atoms with E-state index in [-0.39, 0.29) is 5.91 Å². The number of hydrogen-bond acceptors (Lipinski definition) is 5. The highest BCUT2D eigenvalue weighted by Crippen LogP contribution is 2.32. The third-order valence-corrected chi connectivity index (χ3v) is 8.17. The van der Waals surface area contributed by atoms with Crippen LogP contribution in [0.4, 0.5) is 0 Å². The number of nitrogens with one attached hydrogen (secondary N) is 1. The molecule has 9 heteroatoms. The van der Waals surface area contributed by atoms with Gasteiger partial charge in [0.25, 0.3) is 15.9 Å². The number of rotatable bonds is 3. The Labute approximate surface area is 160 Å². The summed E-state index contributed by atoms with van der Waals surface area (Å²) < 4.78 is 27.1. The number of aliphatic imine (C=N–C) groups is 1. The maximum Gasteiger partial charge on any atom is 0.272 e. The van der Waals surface area contributed by atoms with E-state index >= 15 is 0 Å². The molecule has 1 N–H and O–H groups in total. The Morgan fingerprint density at radius 2 is 1.85 bits per heavy atom. The first-order valence-electron chi connectivity index (χ1n) is 8.12. The summed E-state index contributed by atoms with van der Waals surface area (Å²) in [6.45, 7) is 0.635. The molecule has 136 valence electrons. The maximum absolute atomic E-state index is 12.6. The quantitative estimate of drug-likeness (QED) is 0.845. The van der Waals surface area contributed by atoms with Gasteiger partial charge >= 0.3 is 0 Å². The van der Waals surface area contributed by atoms with Crippen molar-refractivity contribution in [3.63, 3.8) is 0 Å². The van der Waals surface area contributed by atoms with Crippen LogP contribution in [0.3, 0.4) is 0 Å². The first-order chi connectivity index (χ1) is 12.4. The number of halogens is 1. The van der Waals surface area contributed by atoms with Gasteiger partial charge in [0.05, 0.1) is 0 Å². The lowest BCUT2D eigenvalue weighted by Gasteiger charge is -2.36. The van der Waals surface area contributed by atoms with E-state index in [1.807, 2.05) is 0 Å². The van der Waals surface area contributed by atoms with Crippen LogP contribution in [0, 0.1) is 0 Å². The topological polar surface area (TPSA) is 78.8 Å². The third-order valence-electron chi connectivity index (χ3n) is 4.64. The minimum absolute atomic E-state index is 0.234. The van der Waals surface area contributed by atoms with E-state index in [1.54, 1.807) is 41.8 Å². The number of amides is 1. The normalized spacial score (nSPS) is 20.2. The van der Waals surface area contributed by atoms with Gasteiger partial charge in [-0.15, -0.1) is 11.3 Å². The lowest BCUT2D eigenvalue weighted by atomic mass is 10.00. The van der Waals surface area contributed by atoms with E-state index in [2.05, 4.69) is 10.3 Å². The highest BCUT2D eigenvalue weighted by Gasteiger charge is 2.44. The van der Waals surface area contributed by atoms with Crippen molar-refractivity contribution in [1.82, 2.24) is 9.62 Å². The van der Waals surface area contributed by atoms with Gasteiger partial charge < -0.3 is 5.32 Å². The maximum atomic E-state index is 12.6. The zero-order valence-electron chi connectivity index (χ0n) is 13.7. The smallest absolute Gasteiger partial charge is 0.272 e. The molecule has 26 heavy (non-hydrogen) atoms. The molecule has 0 atom stereocenters. The molecular formula is C17H16ClN3O3S2. The Morgan fingerprint density at radius 1 is 1.15 bits per heavy atom. The lowest BCUT2D eigenvalue weighted by molar-refractivity contribution is -0.115. The summed E-state index contributed by atoms with van der Waals surface area (Å²) in [4.78, 5) is 17.0. The van der Waals surface area contributed by atoms with Crippen LogP contribution in [-0.2, 0) is 14.8 Å². The fourth-order valence-corrected chi connectivity index (χ4v) is 5.95. The molecule has 6 nitrogen and oxygen atoms in total. The van der Waals surface area contributed by atoms with E-state index in [0.29, 0.717) is 46.4 Å². The number of piperidine rings is 1. The number of carbonyl (C=O) groups is 1. The number of carbonyl (C=O) groups excluding carboxylic acids is 1. The van der Waals surface area contributed by atoms with Crippen LogP contribution in [0.1, 0.15) is 18.4 Å². The molecule has 4 rings (SSSR count). The van der Waals surface area contributed by atoms with Gasteiger partial charge in [0, 0.05) is 36.5 Å². The monoisotopic (exact) mass is 409 g/mol. The van der Waals surface area contributed by atoms with Crippen LogP contribution < -0.4 is 5.32 Å². The van der Waals surface area contributed by atoms with Crippen molar-refractivity contribution in [2.45, 2.75) is 22.7 Å². The van der Waals surface area contributed by atoms with E-state index in [4.69, 9.17) is 11.6 Å². The molecule has 1 fully saturated rings. The van der Waals surface area contributed by atoms with Crippen molar-refractivity contribution in [1.29, 1.82) is 0 Å². The van der Waals surface area contributed by atoms with Gasteiger partial charge in [-0.1, -0.05) is 29.8 Å². The minimum Gasteiger partial charge on any atom is -0.326 e. The number of nitrogens with zero attached hydrogens (tertiary/aromatic N) is 2. The molecule has 0 bridgehead atoms. The van der Waals surface area contributed by atoms with Gasteiger partial charge in [-0.05, 0) is 23.6 Å². The Bertz CT molecular complexity index is 961. The average Bonchev–Trinajstić information content (AvgIpc) is 3.25. The Morgan fingerprint density at radius 3 is 2.46 bits per heavy atom. The summed E-state index contributed by atoms with van der Waals surface area (Å²) in [6.07, 6.45) is 0.890. The largest absolute Gasteiger partial charge is 0.326 e. The Hall–Kier alpha value is -1.74. The molecule has 0 radical (unpaired) electrons. The summed E-state index contributed by atoms with van der Waals surface area (Å²) in [5.41, 5.74) is 0.349. The molecule has 1 aromatic carbocycles. The molecule has 2 aromatic rings. The van der Waals surface area contributed by atoms with Gasteiger partial charge in [0.15, 0.2) is 0 Å². The fourth-order valence-electron chi connectivity index (χ4n) is 3.24. The van der Waals surface area contributed by atoms with Gasteiger partial charge in [0.2, 0.25) is 0 Å². The number of benzene rings is 1. The van der Waals surface area contributed by atoms with E-state index in [9.17, 15) is 13.2 Å². The molecule has 0 saturated carbocycles. The molecule has 1 spiro atoms. The number of sulfonamides is 1. The molecule has 0 unspecified atom stereocenters. The third kappa shape index (κ3) is 3.07. The predicted octanol–water partition coefficient (Wildman–Crippen LogP) is 2.50. The molecule has 2 aliphatic rings. The summed E-state index contributed by atoms with van der Waals surface area (Å²) in [7, 11) is -3.47. The summed E-state index contributed by atoms with van der Waals surface area (Å²) >= 11 is 7.10. The molecule has 0 aliphatic carbocycles. The number of hydrogen-bond donors (Lipinski definition) is 1. The molecule has 2 aliphatic heterocycles. The first-order valence-corrected chi connectivity index (χ1v) is 10.8. The van der Waals surface area contributed by atoms with Gasteiger partial charge in [0.1, 0.15) is 15.6 Å². The van der Waals surface area contributed by atoms with Gasteiger partial charge in [-0.25, -0.2) is 8.42 Å². The van der Waals surface area contributed by atoms with Crippen molar-refractivity contribution >= 4 is 44.6 Å². The van der Waals surface area contributed by atoms with Crippen LogP contribution in [0.15, 0.2) is 51.0 Å². The van der Waals surface area contributed by atoms with Crippen molar-refractivity contribution < 1.29 is 13.2 Å². The van der Waals surface area contributed by atoms with Crippen molar-refractivity contribution in [3.05, 3.63) is 52.4 Å². The minimum atomic E-state index is -3.47. The first kappa shape index (κ1) is 17.7. The predicted molar refractivity (Wildman–Crippen MR) is 101 cm³/mol. The summed E-state index contributed by atoms with van der Waals surface area (Å²) in [6, 6.07) is 10.3. The van der Waals surface area contributed by atoms with Crippen molar-refractivity contribution in [2.24, 2.45) is 4.99 Å². The van der Waals surface area contributed by atoms with Gasteiger partial charge in [-0.2, -0.15) is 4.31 Å². The SMILES string of the molecule is O=C1NC2(CCN(S(=O)(=O)c3cccs3)CC2)N=C1c1ccc(Cl)cc1. The highest BCUT2D eigenvalue weighted by molar-refractivity contribution is 7.91. The molecule has 1 saturated heterocycles. The second-order valence-corrected chi connectivity index (χ2v) is 9.84. The Balaban J connectivity index is 1.54.